The molecule has 1 aromatic rings. The average Bonchev–Trinajstić information content (AvgIpc) is 3.14. The number of halogens is 1. The molecule has 0 heterocycles. The number of carbonyl (C=O) groups excluding carboxylic acids is 1. The zero-order chi connectivity index (χ0) is 15.1. The van der Waals surface area contributed by atoms with Gasteiger partial charge >= 0.3 is 0 Å². The SMILES string of the molecule is CCC(N)(CC)CNC(=O)C1CC12CCc1ccccc12.Cl. The average molecular weight is 323 g/mol. The van der Waals surface area contributed by atoms with E-state index in [4.69, 9.17) is 5.73 Å². The number of rotatable bonds is 5. The fraction of sp³-hybridized carbons (Fsp3) is 0.611. The Bertz CT molecular complexity index is 556. The van der Waals surface area contributed by atoms with E-state index >= 15 is 0 Å². The second kappa shape index (κ2) is 6.21. The predicted molar refractivity (Wildman–Crippen MR) is 92.3 cm³/mol. The smallest absolute Gasteiger partial charge is 0.224 e. The Morgan fingerprint density at radius 1 is 1.36 bits per heavy atom. The van der Waals surface area contributed by atoms with Crippen molar-refractivity contribution in [1.29, 1.82) is 0 Å². The highest BCUT2D eigenvalue weighted by Gasteiger charge is 2.61. The Morgan fingerprint density at radius 3 is 2.73 bits per heavy atom. The van der Waals surface area contributed by atoms with Gasteiger partial charge in [0, 0.05) is 23.4 Å². The molecule has 0 bridgehead atoms. The zero-order valence-corrected chi connectivity index (χ0v) is 14.3. The van der Waals surface area contributed by atoms with Crippen molar-refractivity contribution < 1.29 is 4.79 Å². The fourth-order valence-electron chi connectivity index (χ4n) is 3.83. The van der Waals surface area contributed by atoms with Gasteiger partial charge in [-0.3, -0.25) is 4.79 Å². The molecule has 2 atom stereocenters. The highest BCUT2D eigenvalue weighted by molar-refractivity contribution is 5.85. The van der Waals surface area contributed by atoms with Crippen molar-refractivity contribution in [2.45, 2.75) is 56.9 Å². The monoisotopic (exact) mass is 322 g/mol. The third-order valence-electron chi connectivity index (χ3n) is 5.81. The quantitative estimate of drug-likeness (QED) is 0.875. The molecular weight excluding hydrogens is 296 g/mol. The molecule has 122 valence electrons. The summed E-state index contributed by atoms with van der Waals surface area (Å²) in [6.07, 6.45) is 5.03. The summed E-state index contributed by atoms with van der Waals surface area (Å²) in [5.41, 5.74) is 8.99. The molecule has 1 amide bonds. The lowest BCUT2D eigenvalue weighted by atomic mass is 9.93. The van der Waals surface area contributed by atoms with E-state index < -0.39 is 0 Å². The summed E-state index contributed by atoms with van der Waals surface area (Å²) in [5, 5.41) is 3.11. The van der Waals surface area contributed by atoms with Gasteiger partial charge in [0.2, 0.25) is 5.91 Å². The van der Waals surface area contributed by atoms with Gasteiger partial charge in [-0.25, -0.2) is 0 Å². The van der Waals surface area contributed by atoms with E-state index in [9.17, 15) is 4.79 Å². The van der Waals surface area contributed by atoms with Crippen molar-refractivity contribution in [2.24, 2.45) is 11.7 Å². The van der Waals surface area contributed by atoms with Crippen LogP contribution in [-0.4, -0.2) is 18.0 Å². The lowest BCUT2D eigenvalue weighted by molar-refractivity contribution is -0.123. The van der Waals surface area contributed by atoms with Crippen LogP contribution in [0.2, 0.25) is 0 Å². The second-order valence-corrected chi connectivity index (χ2v) is 6.86. The molecule has 1 aromatic carbocycles. The van der Waals surface area contributed by atoms with E-state index in [1.165, 1.54) is 11.1 Å². The lowest BCUT2D eigenvalue weighted by Crippen LogP contribution is -2.49. The van der Waals surface area contributed by atoms with Crippen LogP contribution in [0.1, 0.15) is 50.7 Å². The number of carbonyl (C=O) groups is 1. The minimum absolute atomic E-state index is 0. The third kappa shape index (κ3) is 2.77. The molecule has 2 aliphatic carbocycles. The van der Waals surface area contributed by atoms with E-state index in [-0.39, 0.29) is 35.2 Å². The summed E-state index contributed by atoms with van der Waals surface area (Å²) in [5.74, 6) is 0.350. The highest BCUT2D eigenvalue weighted by Crippen LogP contribution is 2.61. The summed E-state index contributed by atoms with van der Waals surface area (Å²) < 4.78 is 0. The van der Waals surface area contributed by atoms with Crippen LogP contribution >= 0.6 is 12.4 Å². The Labute approximate surface area is 139 Å². The van der Waals surface area contributed by atoms with E-state index in [1.54, 1.807) is 0 Å². The summed E-state index contributed by atoms with van der Waals surface area (Å²) in [4.78, 5) is 12.5. The van der Waals surface area contributed by atoms with Crippen LogP contribution in [0.15, 0.2) is 24.3 Å². The molecule has 1 spiro atoms. The molecule has 2 unspecified atom stereocenters. The van der Waals surface area contributed by atoms with Crippen LogP contribution in [0.4, 0.5) is 0 Å². The fourth-order valence-corrected chi connectivity index (χ4v) is 3.83. The van der Waals surface area contributed by atoms with Crippen molar-refractivity contribution in [1.82, 2.24) is 5.32 Å². The number of amides is 1. The summed E-state index contributed by atoms with van der Waals surface area (Å²) in [7, 11) is 0. The van der Waals surface area contributed by atoms with Gasteiger partial charge in [-0.05, 0) is 43.2 Å². The maximum absolute atomic E-state index is 12.5. The van der Waals surface area contributed by atoms with Crippen LogP contribution in [-0.2, 0) is 16.6 Å². The van der Waals surface area contributed by atoms with Gasteiger partial charge in [0.25, 0.3) is 0 Å². The number of aryl methyl sites for hydroxylation is 1. The molecule has 22 heavy (non-hydrogen) atoms. The first-order chi connectivity index (χ1) is 10.0. The first kappa shape index (κ1) is 17.3. The molecule has 0 saturated heterocycles. The Kier molecular flexibility index (Phi) is 4.88. The summed E-state index contributed by atoms with van der Waals surface area (Å²) in [6, 6.07) is 8.61. The van der Waals surface area contributed by atoms with Crippen molar-refractivity contribution >= 4 is 18.3 Å². The molecule has 1 saturated carbocycles. The second-order valence-electron chi connectivity index (χ2n) is 6.86. The topological polar surface area (TPSA) is 55.1 Å². The number of nitrogens with one attached hydrogen (secondary N) is 1. The normalized spacial score (nSPS) is 25.5. The minimum atomic E-state index is -0.259. The van der Waals surface area contributed by atoms with E-state index in [2.05, 4.69) is 43.4 Å². The van der Waals surface area contributed by atoms with E-state index in [0.717, 1.165) is 32.1 Å². The van der Waals surface area contributed by atoms with Gasteiger partial charge < -0.3 is 11.1 Å². The number of hydrogen-bond acceptors (Lipinski definition) is 2. The van der Waals surface area contributed by atoms with Gasteiger partial charge in [-0.1, -0.05) is 38.1 Å². The van der Waals surface area contributed by atoms with Crippen LogP contribution in [0.25, 0.3) is 0 Å². The Morgan fingerprint density at radius 2 is 2.05 bits per heavy atom. The number of hydrogen-bond donors (Lipinski definition) is 2. The van der Waals surface area contributed by atoms with E-state index in [1.807, 2.05) is 0 Å². The van der Waals surface area contributed by atoms with Crippen molar-refractivity contribution in [3.8, 4) is 0 Å². The van der Waals surface area contributed by atoms with E-state index in [0.29, 0.717) is 6.54 Å². The van der Waals surface area contributed by atoms with Crippen LogP contribution < -0.4 is 11.1 Å². The molecule has 0 aliphatic heterocycles. The summed E-state index contributed by atoms with van der Waals surface area (Å²) in [6.45, 7) is 4.76. The Hall–Kier alpha value is -1.06. The maximum Gasteiger partial charge on any atom is 0.224 e. The summed E-state index contributed by atoms with van der Waals surface area (Å²) >= 11 is 0. The first-order valence-electron chi connectivity index (χ1n) is 8.19. The van der Waals surface area contributed by atoms with Gasteiger partial charge in [-0.15, -0.1) is 12.4 Å². The molecule has 3 nitrogen and oxygen atoms in total. The van der Waals surface area contributed by atoms with Crippen LogP contribution in [0, 0.1) is 5.92 Å². The molecule has 0 radical (unpaired) electrons. The van der Waals surface area contributed by atoms with Gasteiger partial charge in [-0.2, -0.15) is 0 Å². The molecular formula is C18H27ClN2O. The van der Waals surface area contributed by atoms with Gasteiger partial charge in [0.05, 0.1) is 0 Å². The molecule has 2 aliphatic rings. The van der Waals surface area contributed by atoms with Crippen molar-refractivity contribution in [3.05, 3.63) is 35.4 Å². The molecule has 0 aromatic heterocycles. The van der Waals surface area contributed by atoms with Gasteiger partial charge in [0.15, 0.2) is 0 Å². The van der Waals surface area contributed by atoms with Crippen LogP contribution in [0.5, 0.6) is 0 Å². The van der Waals surface area contributed by atoms with Crippen molar-refractivity contribution in [3.63, 3.8) is 0 Å². The molecule has 1 fully saturated rings. The molecule has 4 heteroatoms. The van der Waals surface area contributed by atoms with Crippen LogP contribution in [0.3, 0.4) is 0 Å². The standard InChI is InChI=1S/C18H26N2O.ClH/c1-3-17(19,4-2)12-20-16(21)15-11-18(15)10-9-13-7-5-6-8-14(13)18;/h5-8,15H,3-4,9-12,19H2,1-2H3,(H,20,21);1H. The van der Waals surface area contributed by atoms with Crippen molar-refractivity contribution in [2.75, 3.05) is 6.54 Å². The third-order valence-corrected chi connectivity index (χ3v) is 5.81. The first-order valence-corrected chi connectivity index (χ1v) is 8.19. The maximum atomic E-state index is 12.5. The lowest BCUT2D eigenvalue weighted by Gasteiger charge is -2.27. The zero-order valence-electron chi connectivity index (χ0n) is 13.5. The predicted octanol–water partition coefficient (Wildman–Crippen LogP) is 2.95. The molecule has 3 rings (SSSR count). The number of fused-ring (bicyclic) bond motifs is 2. The number of benzene rings is 1. The van der Waals surface area contributed by atoms with Gasteiger partial charge in [0.1, 0.15) is 0 Å². The largest absolute Gasteiger partial charge is 0.354 e. The molecule has 3 N–H and O–H groups in total. The number of nitrogens with two attached hydrogens (primary N) is 1. The highest BCUT2D eigenvalue weighted by atomic mass is 35.5. The Balaban J connectivity index is 0.00000176. The minimum Gasteiger partial charge on any atom is -0.354 e.